The Morgan fingerprint density at radius 2 is 2.00 bits per heavy atom. The molecule has 1 aliphatic heterocycles. The predicted molar refractivity (Wildman–Crippen MR) is 79.7 cm³/mol. The van der Waals surface area contributed by atoms with Gasteiger partial charge in [-0.1, -0.05) is 6.92 Å². The van der Waals surface area contributed by atoms with E-state index in [4.69, 9.17) is 5.73 Å². The molecular weight excluding hydrogens is 270 g/mol. The number of nitrogen functional groups attached to an aromatic ring is 1. The molecule has 7 heteroatoms. The minimum absolute atomic E-state index is 0.0442. The first-order chi connectivity index (χ1) is 9.95. The highest BCUT2D eigenvalue weighted by Gasteiger charge is 2.27. The van der Waals surface area contributed by atoms with E-state index >= 15 is 0 Å². The van der Waals surface area contributed by atoms with Crippen molar-refractivity contribution >= 4 is 17.5 Å². The first-order valence-electron chi connectivity index (χ1n) is 7.36. The van der Waals surface area contributed by atoms with Gasteiger partial charge < -0.3 is 16.0 Å². The van der Waals surface area contributed by atoms with Gasteiger partial charge in [-0.25, -0.2) is 0 Å². The summed E-state index contributed by atoms with van der Waals surface area (Å²) in [7, 11) is 1.68. The van der Waals surface area contributed by atoms with E-state index in [1.807, 2.05) is 6.92 Å². The molecule has 0 aromatic carbocycles. The number of aryl methyl sites for hydroxylation is 2. The van der Waals surface area contributed by atoms with Crippen molar-refractivity contribution in [2.75, 3.05) is 18.8 Å². The van der Waals surface area contributed by atoms with Gasteiger partial charge in [0.2, 0.25) is 5.91 Å². The number of carbonyl (C=O) groups excluding carboxylic acids is 2. The number of nitrogens with one attached hydrogen (secondary N) is 1. The molecule has 2 rings (SSSR count). The van der Waals surface area contributed by atoms with Gasteiger partial charge in [-0.3, -0.25) is 14.3 Å². The SMILES string of the molecule is CCc1nn(C)c(C(=O)NC(C)C(=O)N2CCCC2)c1N. The number of carbonyl (C=O) groups is 2. The number of nitrogens with two attached hydrogens (primary N) is 1. The Hall–Kier alpha value is -2.05. The van der Waals surface area contributed by atoms with Crippen LogP contribution in [0.4, 0.5) is 5.69 Å². The molecule has 1 aliphatic rings. The fraction of sp³-hybridized carbons (Fsp3) is 0.643. The van der Waals surface area contributed by atoms with Gasteiger partial charge in [0.25, 0.3) is 5.91 Å². The van der Waals surface area contributed by atoms with Crippen molar-refractivity contribution in [3.8, 4) is 0 Å². The highest BCUT2D eigenvalue weighted by molar-refractivity contribution is 6.00. The molecule has 1 saturated heterocycles. The number of hydrogen-bond acceptors (Lipinski definition) is 4. The molecule has 0 aliphatic carbocycles. The molecule has 1 fully saturated rings. The summed E-state index contributed by atoms with van der Waals surface area (Å²) in [5.74, 6) is -0.403. The van der Waals surface area contributed by atoms with Crippen molar-refractivity contribution in [1.29, 1.82) is 0 Å². The molecule has 116 valence electrons. The molecule has 2 amide bonds. The monoisotopic (exact) mass is 293 g/mol. The molecule has 1 atom stereocenters. The molecule has 0 bridgehead atoms. The number of aromatic nitrogens is 2. The van der Waals surface area contributed by atoms with Gasteiger partial charge >= 0.3 is 0 Å². The Balaban J connectivity index is 2.07. The zero-order valence-corrected chi connectivity index (χ0v) is 12.8. The van der Waals surface area contributed by atoms with Gasteiger partial charge in [0.1, 0.15) is 11.7 Å². The number of anilines is 1. The van der Waals surface area contributed by atoms with Crippen LogP contribution in [-0.4, -0.2) is 45.6 Å². The lowest BCUT2D eigenvalue weighted by Gasteiger charge is -2.21. The fourth-order valence-electron chi connectivity index (χ4n) is 2.66. The second-order valence-corrected chi connectivity index (χ2v) is 5.41. The van der Waals surface area contributed by atoms with Crippen LogP contribution in [0.15, 0.2) is 0 Å². The molecule has 1 aromatic rings. The summed E-state index contributed by atoms with van der Waals surface area (Å²) in [6, 6.07) is -0.560. The number of hydrogen-bond donors (Lipinski definition) is 2. The molecule has 0 saturated carbocycles. The molecule has 1 aromatic heterocycles. The van der Waals surface area contributed by atoms with Crippen LogP contribution in [0.1, 0.15) is 42.9 Å². The molecule has 7 nitrogen and oxygen atoms in total. The van der Waals surface area contributed by atoms with E-state index in [9.17, 15) is 9.59 Å². The average Bonchev–Trinajstić information content (AvgIpc) is 3.05. The highest BCUT2D eigenvalue weighted by atomic mass is 16.2. The number of amides is 2. The van der Waals surface area contributed by atoms with E-state index in [0.29, 0.717) is 23.5 Å². The highest BCUT2D eigenvalue weighted by Crippen LogP contribution is 2.17. The quantitative estimate of drug-likeness (QED) is 0.835. The summed E-state index contributed by atoms with van der Waals surface area (Å²) >= 11 is 0. The minimum atomic E-state index is -0.560. The van der Waals surface area contributed by atoms with Crippen molar-refractivity contribution in [1.82, 2.24) is 20.0 Å². The molecule has 0 radical (unpaired) electrons. The Bertz CT molecular complexity index is 546. The van der Waals surface area contributed by atoms with Gasteiger partial charge in [-0.2, -0.15) is 5.10 Å². The number of rotatable bonds is 4. The lowest BCUT2D eigenvalue weighted by Crippen LogP contribution is -2.46. The number of nitrogens with zero attached hydrogens (tertiary/aromatic N) is 3. The maximum Gasteiger partial charge on any atom is 0.272 e. The van der Waals surface area contributed by atoms with Crippen molar-refractivity contribution in [2.45, 2.75) is 39.2 Å². The summed E-state index contributed by atoms with van der Waals surface area (Å²) < 4.78 is 1.47. The summed E-state index contributed by atoms with van der Waals surface area (Å²) in [6.07, 6.45) is 2.72. The van der Waals surface area contributed by atoms with Crippen LogP contribution in [0.2, 0.25) is 0 Å². The molecule has 2 heterocycles. The maximum atomic E-state index is 12.3. The van der Waals surface area contributed by atoms with E-state index in [-0.39, 0.29) is 11.8 Å². The minimum Gasteiger partial charge on any atom is -0.395 e. The molecule has 0 spiro atoms. The van der Waals surface area contributed by atoms with Gasteiger partial charge in [0, 0.05) is 20.1 Å². The van der Waals surface area contributed by atoms with E-state index in [1.54, 1.807) is 18.9 Å². The Labute approximate surface area is 124 Å². The maximum absolute atomic E-state index is 12.3. The third kappa shape index (κ3) is 3.01. The second-order valence-electron chi connectivity index (χ2n) is 5.41. The summed E-state index contributed by atoms with van der Waals surface area (Å²) in [5, 5.41) is 6.94. The third-order valence-corrected chi connectivity index (χ3v) is 3.85. The summed E-state index contributed by atoms with van der Waals surface area (Å²) in [4.78, 5) is 26.3. The van der Waals surface area contributed by atoms with Crippen LogP contribution in [0.25, 0.3) is 0 Å². The Kier molecular flexibility index (Phi) is 4.50. The number of likely N-dealkylation sites (tertiary alicyclic amines) is 1. The topological polar surface area (TPSA) is 93.2 Å². The summed E-state index contributed by atoms with van der Waals surface area (Å²) in [5.41, 5.74) is 7.35. The molecule has 3 N–H and O–H groups in total. The zero-order valence-electron chi connectivity index (χ0n) is 12.8. The van der Waals surface area contributed by atoms with Crippen LogP contribution >= 0.6 is 0 Å². The zero-order chi connectivity index (χ0) is 15.6. The van der Waals surface area contributed by atoms with Gasteiger partial charge in [0.05, 0.1) is 11.4 Å². The largest absolute Gasteiger partial charge is 0.395 e. The van der Waals surface area contributed by atoms with Crippen LogP contribution in [-0.2, 0) is 18.3 Å². The third-order valence-electron chi connectivity index (χ3n) is 3.85. The Morgan fingerprint density at radius 3 is 2.52 bits per heavy atom. The van der Waals surface area contributed by atoms with Gasteiger partial charge in [0.15, 0.2) is 0 Å². The van der Waals surface area contributed by atoms with Crippen molar-refractivity contribution < 1.29 is 9.59 Å². The fourth-order valence-corrected chi connectivity index (χ4v) is 2.66. The van der Waals surface area contributed by atoms with E-state index < -0.39 is 6.04 Å². The smallest absolute Gasteiger partial charge is 0.272 e. The molecule has 21 heavy (non-hydrogen) atoms. The predicted octanol–water partition coefficient (Wildman–Crippen LogP) is 0.305. The second kappa shape index (κ2) is 6.15. The lowest BCUT2D eigenvalue weighted by atomic mass is 10.2. The van der Waals surface area contributed by atoms with Crippen molar-refractivity contribution in [2.24, 2.45) is 7.05 Å². The lowest BCUT2D eigenvalue weighted by molar-refractivity contribution is -0.131. The van der Waals surface area contributed by atoms with Crippen LogP contribution in [0.3, 0.4) is 0 Å². The van der Waals surface area contributed by atoms with Crippen LogP contribution < -0.4 is 11.1 Å². The Morgan fingerprint density at radius 1 is 1.38 bits per heavy atom. The van der Waals surface area contributed by atoms with Gasteiger partial charge in [-0.05, 0) is 26.2 Å². The molecular formula is C14H23N5O2. The average molecular weight is 293 g/mol. The van der Waals surface area contributed by atoms with Crippen molar-refractivity contribution in [3.05, 3.63) is 11.4 Å². The first kappa shape index (κ1) is 15.3. The van der Waals surface area contributed by atoms with E-state index in [0.717, 1.165) is 25.9 Å². The van der Waals surface area contributed by atoms with Gasteiger partial charge in [-0.15, -0.1) is 0 Å². The first-order valence-corrected chi connectivity index (χ1v) is 7.36. The molecule has 1 unspecified atom stereocenters. The van der Waals surface area contributed by atoms with E-state index in [1.165, 1.54) is 4.68 Å². The standard InChI is InChI=1S/C14H23N5O2/c1-4-10-11(15)12(18(3)17-10)13(20)16-9(2)14(21)19-7-5-6-8-19/h9H,4-8,15H2,1-3H3,(H,16,20). The normalized spacial score (nSPS) is 16.0. The van der Waals surface area contributed by atoms with Crippen LogP contribution in [0, 0.1) is 0 Å². The van der Waals surface area contributed by atoms with Crippen LogP contribution in [0.5, 0.6) is 0 Å². The van der Waals surface area contributed by atoms with E-state index in [2.05, 4.69) is 10.4 Å². The van der Waals surface area contributed by atoms with Crippen molar-refractivity contribution in [3.63, 3.8) is 0 Å². The summed E-state index contributed by atoms with van der Waals surface area (Å²) in [6.45, 7) is 5.17.